The van der Waals surface area contributed by atoms with Gasteiger partial charge < -0.3 is 0 Å². The standard InChI is InChI=1S/C18H26OS/c1-3-5-7-12-17(15-20-4-2)18(19)14-13-16-10-8-6-9-11-16/h6,8-11,13-14,17H,3-5,7,12,15H2,1-2H3/b14-13+/t17-/m1/s1. The van der Waals surface area contributed by atoms with Crippen LogP contribution in [0.3, 0.4) is 0 Å². The molecule has 0 spiro atoms. The molecule has 110 valence electrons. The first-order valence-corrected chi connectivity index (χ1v) is 8.78. The van der Waals surface area contributed by atoms with Crippen LogP contribution >= 0.6 is 11.8 Å². The fourth-order valence-electron chi connectivity index (χ4n) is 2.09. The molecule has 0 saturated heterocycles. The van der Waals surface area contributed by atoms with Crippen LogP contribution in [0.1, 0.15) is 45.1 Å². The lowest BCUT2D eigenvalue weighted by Crippen LogP contribution is -2.15. The number of rotatable bonds is 10. The van der Waals surface area contributed by atoms with Crippen molar-refractivity contribution in [3.8, 4) is 0 Å². The molecular weight excluding hydrogens is 264 g/mol. The fraction of sp³-hybridized carbons (Fsp3) is 0.500. The summed E-state index contributed by atoms with van der Waals surface area (Å²) in [5.74, 6) is 2.51. The van der Waals surface area contributed by atoms with Crippen molar-refractivity contribution in [3.63, 3.8) is 0 Å². The van der Waals surface area contributed by atoms with Crippen molar-refractivity contribution in [1.29, 1.82) is 0 Å². The van der Waals surface area contributed by atoms with E-state index < -0.39 is 0 Å². The molecule has 1 rings (SSSR count). The lowest BCUT2D eigenvalue weighted by molar-refractivity contribution is -0.117. The van der Waals surface area contributed by atoms with E-state index in [9.17, 15) is 4.79 Å². The van der Waals surface area contributed by atoms with Crippen molar-refractivity contribution < 1.29 is 4.79 Å². The molecule has 0 radical (unpaired) electrons. The third kappa shape index (κ3) is 6.95. The third-order valence-electron chi connectivity index (χ3n) is 3.32. The molecule has 0 saturated carbocycles. The van der Waals surface area contributed by atoms with Gasteiger partial charge in [-0.25, -0.2) is 0 Å². The molecule has 0 N–H and O–H groups in total. The summed E-state index contributed by atoms with van der Waals surface area (Å²) in [7, 11) is 0. The quantitative estimate of drug-likeness (QED) is 0.434. The van der Waals surface area contributed by atoms with Crippen LogP contribution in [0.2, 0.25) is 0 Å². The van der Waals surface area contributed by atoms with Crippen molar-refractivity contribution in [2.75, 3.05) is 11.5 Å². The second kappa shape index (κ2) is 10.7. The second-order valence-corrected chi connectivity index (χ2v) is 6.32. The average Bonchev–Trinajstić information content (AvgIpc) is 2.49. The van der Waals surface area contributed by atoms with E-state index in [1.807, 2.05) is 48.2 Å². The highest BCUT2D eigenvalue weighted by Gasteiger charge is 2.15. The normalized spacial score (nSPS) is 12.7. The average molecular weight is 290 g/mol. The topological polar surface area (TPSA) is 17.1 Å². The largest absolute Gasteiger partial charge is 0.295 e. The van der Waals surface area contributed by atoms with Gasteiger partial charge in [0.05, 0.1) is 0 Å². The SMILES string of the molecule is CCCCC[C@H](CSCC)C(=O)/C=C/c1ccccc1. The van der Waals surface area contributed by atoms with Crippen LogP contribution in [-0.4, -0.2) is 17.3 Å². The van der Waals surface area contributed by atoms with Gasteiger partial charge in [0.25, 0.3) is 0 Å². The number of allylic oxidation sites excluding steroid dienone is 1. The van der Waals surface area contributed by atoms with E-state index in [1.165, 1.54) is 12.8 Å². The van der Waals surface area contributed by atoms with Crippen molar-refractivity contribution >= 4 is 23.6 Å². The Morgan fingerprint density at radius 2 is 1.95 bits per heavy atom. The van der Waals surface area contributed by atoms with Crippen LogP contribution < -0.4 is 0 Å². The maximum Gasteiger partial charge on any atom is 0.159 e. The molecule has 2 heteroatoms. The zero-order valence-corrected chi connectivity index (χ0v) is 13.5. The lowest BCUT2D eigenvalue weighted by atomic mass is 9.98. The van der Waals surface area contributed by atoms with Gasteiger partial charge >= 0.3 is 0 Å². The van der Waals surface area contributed by atoms with Gasteiger partial charge in [0, 0.05) is 11.7 Å². The lowest BCUT2D eigenvalue weighted by Gasteiger charge is -2.12. The number of hydrogen-bond donors (Lipinski definition) is 0. The highest BCUT2D eigenvalue weighted by Crippen LogP contribution is 2.18. The highest BCUT2D eigenvalue weighted by molar-refractivity contribution is 7.99. The molecule has 0 aliphatic rings. The molecule has 0 bridgehead atoms. The number of unbranched alkanes of at least 4 members (excludes halogenated alkanes) is 2. The first-order valence-electron chi connectivity index (χ1n) is 7.62. The second-order valence-electron chi connectivity index (χ2n) is 5.00. The minimum absolute atomic E-state index is 0.187. The molecule has 1 aromatic carbocycles. The molecule has 0 heterocycles. The van der Waals surface area contributed by atoms with Crippen LogP contribution in [0, 0.1) is 5.92 Å². The Bertz CT molecular complexity index is 397. The van der Waals surface area contributed by atoms with Crippen LogP contribution in [-0.2, 0) is 4.79 Å². The monoisotopic (exact) mass is 290 g/mol. The number of thioether (sulfide) groups is 1. The predicted molar refractivity (Wildman–Crippen MR) is 91.1 cm³/mol. The van der Waals surface area contributed by atoms with Gasteiger partial charge in [-0.2, -0.15) is 11.8 Å². The number of ketones is 1. The summed E-state index contributed by atoms with van der Waals surface area (Å²) in [6, 6.07) is 10.0. The number of carbonyl (C=O) groups is 1. The highest BCUT2D eigenvalue weighted by atomic mass is 32.2. The Morgan fingerprint density at radius 1 is 1.20 bits per heavy atom. The van der Waals surface area contributed by atoms with Crippen molar-refractivity contribution in [2.24, 2.45) is 5.92 Å². The number of carbonyl (C=O) groups excluding carboxylic acids is 1. The molecule has 1 aromatic rings. The van der Waals surface area contributed by atoms with Crippen molar-refractivity contribution in [2.45, 2.75) is 39.5 Å². The molecule has 0 unspecified atom stereocenters. The van der Waals surface area contributed by atoms with Gasteiger partial charge in [0.2, 0.25) is 0 Å². The Labute approximate surface area is 127 Å². The smallest absolute Gasteiger partial charge is 0.159 e. The Balaban J connectivity index is 2.55. The van der Waals surface area contributed by atoms with Gasteiger partial charge in [-0.1, -0.05) is 69.5 Å². The van der Waals surface area contributed by atoms with E-state index in [1.54, 1.807) is 6.08 Å². The van der Waals surface area contributed by atoms with Crippen molar-refractivity contribution in [3.05, 3.63) is 42.0 Å². The van der Waals surface area contributed by atoms with Gasteiger partial charge in [0.1, 0.15) is 0 Å². The van der Waals surface area contributed by atoms with Crippen LogP contribution in [0.5, 0.6) is 0 Å². The minimum Gasteiger partial charge on any atom is -0.295 e. The Morgan fingerprint density at radius 3 is 2.60 bits per heavy atom. The zero-order valence-electron chi connectivity index (χ0n) is 12.7. The Hall–Kier alpha value is -1.02. The zero-order chi connectivity index (χ0) is 14.6. The van der Waals surface area contributed by atoms with E-state index in [2.05, 4.69) is 13.8 Å². The first-order chi connectivity index (χ1) is 9.77. The predicted octanol–water partition coefficient (Wildman–Crippen LogP) is 5.22. The summed E-state index contributed by atoms with van der Waals surface area (Å²) >= 11 is 1.87. The van der Waals surface area contributed by atoms with Crippen LogP contribution in [0.25, 0.3) is 6.08 Å². The van der Waals surface area contributed by atoms with E-state index in [0.717, 1.165) is 29.9 Å². The number of benzene rings is 1. The van der Waals surface area contributed by atoms with Gasteiger partial charge in [-0.15, -0.1) is 0 Å². The molecule has 1 atom stereocenters. The third-order valence-corrected chi connectivity index (χ3v) is 4.37. The van der Waals surface area contributed by atoms with E-state index in [0.29, 0.717) is 0 Å². The van der Waals surface area contributed by atoms with Crippen LogP contribution in [0.15, 0.2) is 36.4 Å². The summed E-state index contributed by atoms with van der Waals surface area (Å²) in [4.78, 5) is 12.3. The maximum atomic E-state index is 12.3. The van der Waals surface area contributed by atoms with Crippen molar-refractivity contribution in [1.82, 2.24) is 0 Å². The Kier molecular flexibility index (Phi) is 9.14. The summed E-state index contributed by atoms with van der Waals surface area (Å²) in [6.45, 7) is 4.35. The van der Waals surface area contributed by atoms with Gasteiger partial charge in [0.15, 0.2) is 5.78 Å². The summed E-state index contributed by atoms with van der Waals surface area (Å²) < 4.78 is 0. The summed E-state index contributed by atoms with van der Waals surface area (Å²) in [6.07, 6.45) is 8.33. The summed E-state index contributed by atoms with van der Waals surface area (Å²) in [5.41, 5.74) is 1.09. The summed E-state index contributed by atoms with van der Waals surface area (Å²) in [5, 5.41) is 0. The van der Waals surface area contributed by atoms with E-state index in [-0.39, 0.29) is 11.7 Å². The van der Waals surface area contributed by atoms with Crippen LogP contribution in [0.4, 0.5) is 0 Å². The molecular formula is C18H26OS. The fourth-order valence-corrected chi connectivity index (χ4v) is 2.94. The molecule has 20 heavy (non-hydrogen) atoms. The first kappa shape index (κ1) is 17.0. The molecule has 1 nitrogen and oxygen atoms in total. The van der Waals surface area contributed by atoms with Gasteiger partial charge in [-0.3, -0.25) is 4.79 Å². The van der Waals surface area contributed by atoms with E-state index in [4.69, 9.17) is 0 Å². The molecule has 0 aromatic heterocycles. The molecule has 0 aliphatic heterocycles. The maximum absolute atomic E-state index is 12.3. The van der Waals surface area contributed by atoms with E-state index >= 15 is 0 Å². The molecule has 0 fully saturated rings. The number of hydrogen-bond acceptors (Lipinski definition) is 2. The van der Waals surface area contributed by atoms with Gasteiger partial charge in [-0.05, 0) is 23.8 Å². The molecule has 0 amide bonds. The molecule has 0 aliphatic carbocycles. The minimum atomic E-state index is 0.187.